The number of pyridine rings is 1. The lowest BCUT2D eigenvalue weighted by atomic mass is 10.00. The highest BCUT2D eigenvalue weighted by molar-refractivity contribution is 6.29. The van der Waals surface area contributed by atoms with Crippen molar-refractivity contribution in [3.8, 4) is 0 Å². The number of halogens is 1. The Morgan fingerprint density at radius 3 is 3.00 bits per heavy atom. The normalized spacial score (nSPS) is 15.9. The van der Waals surface area contributed by atoms with Crippen LogP contribution < -0.4 is 5.32 Å². The first kappa shape index (κ1) is 10.5. The van der Waals surface area contributed by atoms with Gasteiger partial charge in [-0.05, 0) is 37.8 Å². The molecule has 0 aromatic carbocycles. The van der Waals surface area contributed by atoms with E-state index in [-0.39, 0.29) is 0 Å². The van der Waals surface area contributed by atoms with Crippen LogP contribution >= 0.6 is 11.6 Å². The summed E-state index contributed by atoms with van der Waals surface area (Å²) in [5.41, 5.74) is 1.49. The van der Waals surface area contributed by atoms with Crippen molar-refractivity contribution in [2.75, 3.05) is 11.9 Å². The van der Waals surface area contributed by atoms with E-state index in [1.54, 1.807) is 6.07 Å². The van der Waals surface area contributed by atoms with E-state index in [9.17, 15) is 0 Å². The zero-order valence-electron chi connectivity index (χ0n) is 8.67. The lowest BCUT2D eigenvalue weighted by Crippen LogP contribution is -2.08. The van der Waals surface area contributed by atoms with Crippen molar-refractivity contribution in [1.82, 2.24) is 4.98 Å². The molecular weight excluding hydrogens is 208 g/mol. The zero-order chi connectivity index (χ0) is 10.5. The second kappa shape index (κ2) is 5.17. The summed E-state index contributed by atoms with van der Waals surface area (Å²) in [7, 11) is 0. The fourth-order valence-corrected chi connectivity index (χ4v) is 1.94. The first-order valence-corrected chi connectivity index (χ1v) is 5.77. The molecule has 2 rings (SSSR count). The van der Waals surface area contributed by atoms with Gasteiger partial charge >= 0.3 is 0 Å². The molecule has 1 aliphatic carbocycles. The topological polar surface area (TPSA) is 24.9 Å². The largest absolute Gasteiger partial charge is 0.366 e. The predicted molar refractivity (Wildman–Crippen MR) is 64.3 cm³/mol. The molecule has 1 aromatic rings. The Bertz CT molecular complexity index is 360. The Labute approximate surface area is 95.4 Å². The van der Waals surface area contributed by atoms with Gasteiger partial charge in [-0.25, -0.2) is 4.98 Å². The molecule has 0 saturated heterocycles. The summed E-state index contributed by atoms with van der Waals surface area (Å²) >= 11 is 5.80. The molecule has 1 N–H and O–H groups in total. The zero-order valence-corrected chi connectivity index (χ0v) is 9.43. The van der Waals surface area contributed by atoms with Gasteiger partial charge in [-0.3, -0.25) is 0 Å². The van der Waals surface area contributed by atoms with E-state index in [1.165, 1.54) is 31.3 Å². The fourth-order valence-electron chi connectivity index (χ4n) is 1.78. The molecule has 2 nitrogen and oxygen atoms in total. The molecule has 0 saturated carbocycles. The van der Waals surface area contributed by atoms with Crippen LogP contribution in [-0.2, 0) is 0 Å². The SMILES string of the molecule is Clc1cccc(NCC2=CCCCC2)n1. The van der Waals surface area contributed by atoms with Crippen LogP contribution in [0.25, 0.3) is 0 Å². The van der Waals surface area contributed by atoms with E-state index in [2.05, 4.69) is 16.4 Å². The maximum atomic E-state index is 5.80. The van der Waals surface area contributed by atoms with Gasteiger partial charge in [0.25, 0.3) is 0 Å². The van der Waals surface area contributed by atoms with E-state index >= 15 is 0 Å². The quantitative estimate of drug-likeness (QED) is 0.624. The van der Waals surface area contributed by atoms with Crippen LogP contribution in [0.4, 0.5) is 5.82 Å². The number of aromatic nitrogens is 1. The van der Waals surface area contributed by atoms with Crippen molar-refractivity contribution in [3.05, 3.63) is 35.0 Å². The Morgan fingerprint density at radius 2 is 2.27 bits per heavy atom. The average Bonchev–Trinajstić information content (AvgIpc) is 2.28. The van der Waals surface area contributed by atoms with Gasteiger partial charge in [-0.15, -0.1) is 0 Å². The minimum atomic E-state index is 0.539. The number of nitrogens with zero attached hydrogens (tertiary/aromatic N) is 1. The van der Waals surface area contributed by atoms with E-state index in [4.69, 9.17) is 11.6 Å². The van der Waals surface area contributed by atoms with Crippen molar-refractivity contribution < 1.29 is 0 Å². The number of nitrogens with one attached hydrogen (secondary N) is 1. The molecule has 0 aliphatic heterocycles. The van der Waals surface area contributed by atoms with Crippen LogP contribution in [0.5, 0.6) is 0 Å². The highest BCUT2D eigenvalue weighted by Crippen LogP contribution is 2.18. The number of hydrogen-bond donors (Lipinski definition) is 1. The van der Waals surface area contributed by atoms with Crippen LogP contribution in [0.2, 0.25) is 5.15 Å². The summed E-state index contributed by atoms with van der Waals surface area (Å²) in [5, 5.41) is 3.83. The van der Waals surface area contributed by atoms with E-state index in [0.29, 0.717) is 5.15 Å². The van der Waals surface area contributed by atoms with Gasteiger partial charge in [0, 0.05) is 6.54 Å². The summed E-state index contributed by atoms with van der Waals surface area (Å²) < 4.78 is 0. The van der Waals surface area contributed by atoms with E-state index < -0.39 is 0 Å². The fraction of sp³-hybridized carbons (Fsp3) is 0.417. The molecule has 1 aliphatic rings. The van der Waals surface area contributed by atoms with Crippen molar-refractivity contribution in [2.24, 2.45) is 0 Å². The van der Waals surface area contributed by atoms with Crippen molar-refractivity contribution in [3.63, 3.8) is 0 Å². The lowest BCUT2D eigenvalue weighted by molar-refractivity contribution is 0.695. The van der Waals surface area contributed by atoms with Crippen molar-refractivity contribution in [2.45, 2.75) is 25.7 Å². The molecule has 1 heterocycles. The van der Waals surface area contributed by atoms with Gasteiger partial charge in [0.15, 0.2) is 0 Å². The highest BCUT2D eigenvalue weighted by Gasteiger charge is 2.03. The summed E-state index contributed by atoms with van der Waals surface area (Å²) in [6, 6.07) is 5.63. The van der Waals surface area contributed by atoms with Crippen LogP contribution in [0.3, 0.4) is 0 Å². The monoisotopic (exact) mass is 222 g/mol. The Hall–Kier alpha value is -1.02. The molecule has 0 unspecified atom stereocenters. The predicted octanol–water partition coefficient (Wildman–Crippen LogP) is 3.65. The highest BCUT2D eigenvalue weighted by atomic mass is 35.5. The van der Waals surface area contributed by atoms with E-state index in [1.807, 2.05) is 12.1 Å². The van der Waals surface area contributed by atoms with Crippen LogP contribution in [0.1, 0.15) is 25.7 Å². The molecule has 0 atom stereocenters. The second-order valence-corrected chi connectivity index (χ2v) is 4.19. The number of anilines is 1. The smallest absolute Gasteiger partial charge is 0.131 e. The first-order chi connectivity index (χ1) is 7.34. The summed E-state index contributed by atoms with van der Waals surface area (Å²) in [4.78, 5) is 4.18. The minimum Gasteiger partial charge on any atom is -0.366 e. The summed E-state index contributed by atoms with van der Waals surface area (Å²) in [5.74, 6) is 0.856. The Morgan fingerprint density at radius 1 is 1.33 bits per heavy atom. The third-order valence-electron chi connectivity index (χ3n) is 2.60. The van der Waals surface area contributed by atoms with Gasteiger partial charge in [-0.2, -0.15) is 0 Å². The van der Waals surface area contributed by atoms with Crippen LogP contribution in [0, 0.1) is 0 Å². The molecule has 0 amide bonds. The molecule has 0 radical (unpaired) electrons. The standard InChI is InChI=1S/C12H15ClN2/c13-11-7-4-8-12(15-11)14-9-10-5-2-1-3-6-10/h4-5,7-8H,1-3,6,9H2,(H,14,15). The third-order valence-corrected chi connectivity index (χ3v) is 2.81. The molecule has 80 valence electrons. The van der Waals surface area contributed by atoms with Gasteiger partial charge < -0.3 is 5.32 Å². The van der Waals surface area contributed by atoms with Gasteiger partial charge in [0.2, 0.25) is 0 Å². The maximum absolute atomic E-state index is 5.80. The first-order valence-electron chi connectivity index (χ1n) is 5.39. The van der Waals surface area contributed by atoms with Crippen molar-refractivity contribution >= 4 is 17.4 Å². The lowest BCUT2D eigenvalue weighted by Gasteiger charge is -2.13. The Balaban J connectivity index is 1.90. The molecule has 3 heteroatoms. The van der Waals surface area contributed by atoms with Gasteiger partial charge in [-0.1, -0.05) is 29.3 Å². The Kier molecular flexibility index (Phi) is 3.62. The molecule has 0 spiro atoms. The van der Waals surface area contributed by atoms with E-state index in [0.717, 1.165) is 12.4 Å². The third kappa shape index (κ3) is 3.24. The summed E-state index contributed by atoms with van der Waals surface area (Å²) in [6.07, 6.45) is 7.42. The molecule has 1 aromatic heterocycles. The number of allylic oxidation sites excluding steroid dienone is 1. The van der Waals surface area contributed by atoms with Gasteiger partial charge in [0.1, 0.15) is 11.0 Å². The van der Waals surface area contributed by atoms with Gasteiger partial charge in [0.05, 0.1) is 0 Å². The molecule has 15 heavy (non-hydrogen) atoms. The number of hydrogen-bond acceptors (Lipinski definition) is 2. The van der Waals surface area contributed by atoms with Crippen LogP contribution in [0.15, 0.2) is 29.8 Å². The minimum absolute atomic E-state index is 0.539. The molecular formula is C12H15ClN2. The molecule has 0 fully saturated rings. The maximum Gasteiger partial charge on any atom is 0.131 e. The summed E-state index contributed by atoms with van der Waals surface area (Å²) in [6.45, 7) is 0.896. The van der Waals surface area contributed by atoms with Crippen molar-refractivity contribution in [1.29, 1.82) is 0 Å². The second-order valence-electron chi connectivity index (χ2n) is 3.81. The molecule has 0 bridgehead atoms. The average molecular weight is 223 g/mol. The van der Waals surface area contributed by atoms with Crippen LogP contribution in [-0.4, -0.2) is 11.5 Å². The number of rotatable bonds is 3.